The topological polar surface area (TPSA) is 29.1 Å². The number of amides is 1. The Bertz CT molecular complexity index is 127. The maximum absolute atomic E-state index is 11.0. The van der Waals surface area contributed by atoms with Crippen LogP contribution in [0.5, 0.6) is 0 Å². The smallest absolute Gasteiger partial charge is 0.223 e. The molecule has 0 saturated heterocycles. The predicted octanol–water partition coefficient (Wildman–Crippen LogP) is 1.17. The molecule has 1 fully saturated rings. The van der Waals surface area contributed by atoms with Gasteiger partial charge in [0, 0.05) is 12.5 Å². The Labute approximate surface area is 62.0 Å². The Morgan fingerprint density at radius 2 is 2.20 bits per heavy atom. The molecule has 2 nitrogen and oxygen atoms in total. The van der Waals surface area contributed by atoms with Gasteiger partial charge in [-0.05, 0) is 18.8 Å². The molecule has 0 heterocycles. The van der Waals surface area contributed by atoms with Gasteiger partial charge in [-0.25, -0.2) is 0 Å². The third-order valence-corrected chi connectivity index (χ3v) is 1.63. The second-order valence-electron chi connectivity index (χ2n) is 3.41. The van der Waals surface area contributed by atoms with Crippen molar-refractivity contribution in [1.82, 2.24) is 5.32 Å². The van der Waals surface area contributed by atoms with Crippen LogP contribution in [0.15, 0.2) is 0 Å². The fourth-order valence-corrected chi connectivity index (χ4v) is 0.795. The first-order valence-electron chi connectivity index (χ1n) is 3.98. The highest BCUT2D eigenvalue weighted by Crippen LogP contribution is 2.28. The Hall–Kier alpha value is -0.530. The summed E-state index contributed by atoms with van der Waals surface area (Å²) >= 11 is 0. The first-order chi connectivity index (χ1) is 4.70. The maximum Gasteiger partial charge on any atom is 0.223 e. The van der Waals surface area contributed by atoms with E-state index in [1.807, 2.05) is 0 Å². The number of carbonyl (C=O) groups is 1. The first kappa shape index (κ1) is 7.58. The molecule has 1 aliphatic carbocycles. The van der Waals surface area contributed by atoms with Gasteiger partial charge in [0.2, 0.25) is 5.91 Å². The van der Waals surface area contributed by atoms with Gasteiger partial charge in [-0.3, -0.25) is 4.79 Å². The van der Waals surface area contributed by atoms with Crippen LogP contribution in [0.4, 0.5) is 0 Å². The summed E-state index contributed by atoms with van der Waals surface area (Å²) in [7, 11) is 0. The minimum absolute atomic E-state index is 0.258. The van der Waals surface area contributed by atoms with Crippen LogP contribution in [0, 0.1) is 11.8 Å². The molecule has 0 radical (unpaired) electrons. The quantitative estimate of drug-likeness (QED) is 0.628. The van der Waals surface area contributed by atoms with E-state index in [9.17, 15) is 4.79 Å². The number of hydrogen-bond acceptors (Lipinski definition) is 1. The summed E-state index contributed by atoms with van der Waals surface area (Å²) in [4.78, 5) is 11.0. The van der Waals surface area contributed by atoms with Crippen LogP contribution >= 0.6 is 0 Å². The molecule has 10 heavy (non-hydrogen) atoms. The summed E-state index contributed by atoms with van der Waals surface area (Å²) in [6.07, 6.45) is 2.20. The van der Waals surface area contributed by atoms with Gasteiger partial charge in [0.1, 0.15) is 0 Å². The molecule has 0 aromatic heterocycles. The molecular formula is C8H15NO. The van der Waals surface area contributed by atoms with Gasteiger partial charge >= 0.3 is 0 Å². The Balaban J connectivity index is 2.06. The fraction of sp³-hybridized carbons (Fsp3) is 0.875. The van der Waals surface area contributed by atoms with Crippen LogP contribution < -0.4 is 5.32 Å². The minimum atomic E-state index is 0.258. The average Bonchev–Trinajstić information content (AvgIpc) is 2.63. The Morgan fingerprint density at radius 3 is 2.60 bits per heavy atom. The normalized spacial score (nSPS) is 17.5. The molecule has 0 unspecified atom stereocenters. The highest BCUT2D eigenvalue weighted by molar-refractivity contribution is 5.80. The lowest BCUT2D eigenvalue weighted by atomic mass is 10.2. The van der Waals surface area contributed by atoms with Gasteiger partial charge < -0.3 is 5.32 Å². The third kappa shape index (κ3) is 2.38. The van der Waals surface area contributed by atoms with Crippen molar-refractivity contribution in [2.45, 2.75) is 26.7 Å². The average molecular weight is 141 g/mol. The summed E-state index contributed by atoms with van der Waals surface area (Å²) in [5, 5.41) is 2.91. The van der Waals surface area contributed by atoms with Crippen molar-refractivity contribution in [3.05, 3.63) is 0 Å². The van der Waals surface area contributed by atoms with Gasteiger partial charge in [-0.15, -0.1) is 0 Å². The molecule has 2 heteroatoms. The van der Waals surface area contributed by atoms with Crippen LogP contribution in [0.3, 0.4) is 0 Å². The molecule has 0 atom stereocenters. The second kappa shape index (κ2) is 3.04. The summed E-state index contributed by atoms with van der Waals surface area (Å²) in [6, 6.07) is 0. The number of carbonyl (C=O) groups excluding carboxylic acids is 1. The van der Waals surface area contributed by atoms with E-state index >= 15 is 0 Å². The van der Waals surface area contributed by atoms with Gasteiger partial charge in [0.05, 0.1) is 0 Å². The molecule has 1 rings (SSSR count). The molecular weight excluding hydrogens is 126 g/mol. The van der Waals surface area contributed by atoms with Crippen LogP contribution in [0.2, 0.25) is 0 Å². The van der Waals surface area contributed by atoms with Gasteiger partial charge in [-0.1, -0.05) is 13.8 Å². The van der Waals surface area contributed by atoms with Crippen molar-refractivity contribution in [2.24, 2.45) is 11.8 Å². The van der Waals surface area contributed by atoms with Crippen LogP contribution in [0.1, 0.15) is 26.7 Å². The van der Waals surface area contributed by atoms with E-state index in [4.69, 9.17) is 0 Å². The van der Waals surface area contributed by atoms with E-state index in [1.165, 1.54) is 0 Å². The summed E-state index contributed by atoms with van der Waals surface area (Å²) < 4.78 is 0. The summed E-state index contributed by atoms with van der Waals surface area (Å²) in [5.41, 5.74) is 0. The Morgan fingerprint density at radius 1 is 1.60 bits per heavy atom. The van der Waals surface area contributed by atoms with E-state index in [0.717, 1.165) is 19.4 Å². The Kier molecular flexibility index (Phi) is 2.30. The van der Waals surface area contributed by atoms with Crippen molar-refractivity contribution in [1.29, 1.82) is 0 Å². The zero-order chi connectivity index (χ0) is 7.56. The van der Waals surface area contributed by atoms with Crippen molar-refractivity contribution < 1.29 is 4.79 Å². The molecule has 1 N–H and O–H groups in total. The zero-order valence-electron chi connectivity index (χ0n) is 6.68. The number of rotatable bonds is 3. The molecule has 0 aromatic carbocycles. The molecule has 1 saturated carbocycles. The highest BCUT2D eigenvalue weighted by Gasteiger charge is 2.29. The van der Waals surface area contributed by atoms with Crippen molar-refractivity contribution in [3.8, 4) is 0 Å². The van der Waals surface area contributed by atoms with E-state index in [-0.39, 0.29) is 5.91 Å². The molecule has 0 aromatic rings. The van der Waals surface area contributed by atoms with Gasteiger partial charge in [0.25, 0.3) is 0 Å². The van der Waals surface area contributed by atoms with Crippen LogP contribution in [-0.2, 0) is 4.79 Å². The molecule has 0 spiro atoms. The lowest BCUT2D eigenvalue weighted by Gasteiger charge is -2.05. The first-order valence-corrected chi connectivity index (χ1v) is 3.98. The number of hydrogen-bond donors (Lipinski definition) is 1. The summed E-state index contributed by atoms with van der Waals surface area (Å²) in [6.45, 7) is 5.04. The van der Waals surface area contributed by atoms with Crippen molar-refractivity contribution in [3.63, 3.8) is 0 Å². The van der Waals surface area contributed by atoms with Crippen LogP contribution in [-0.4, -0.2) is 12.5 Å². The largest absolute Gasteiger partial charge is 0.356 e. The molecule has 0 bridgehead atoms. The van der Waals surface area contributed by atoms with E-state index in [0.29, 0.717) is 11.8 Å². The lowest BCUT2D eigenvalue weighted by molar-refractivity contribution is -0.122. The monoisotopic (exact) mass is 141 g/mol. The molecule has 1 amide bonds. The third-order valence-electron chi connectivity index (χ3n) is 1.63. The minimum Gasteiger partial charge on any atom is -0.356 e. The molecule has 58 valence electrons. The van der Waals surface area contributed by atoms with Crippen LogP contribution in [0.25, 0.3) is 0 Å². The van der Waals surface area contributed by atoms with Gasteiger partial charge in [0.15, 0.2) is 0 Å². The van der Waals surface area contributed by atoms with E-state index in [1.54, 1.807) is 0 Å². The SMILES string of the molecule is CC(C)CNC(=O)C1CC1. The molecule has 0 aliphatic heterocycles. The predicted molar refractivity (Wildman–Crippen MR) is 40.6 cm³/mol. The summed E-state index contributed by atoms with van der Waals surface area (Å²) in [5.74, 6) is 1.19. The van der Waals surface area contributed by atoms with Crippen molar-refractivity contribution in [2.75, 3.05) is 6.54 Å². The number of nitrogens with one attached hydrogen (secondary N) is 1. The van der Waals surface area contributed by atoms with Crippen molar-refractivity contribution >= 4 is 5.91 Å². The fourth-order valence-electron chi connectivity index (χ4n) is 0.795. The molecule has 1 aliphatic rings. The highest BCUT2D eigenvalue weighted by atomic mass is 16.2. The zero-order valence-corrected chi connectivity index (χ0v) is 6.68. The standard InChI is InChI=1S/C8H15NO/c1-6(2)5-9-8(10)7-3-4-7/h6-7H,3-5H2,1-2H3,(H,9,10). The van der Waals surface area contributed by atoms with Gasteiger partial charge in [-0.2, -0.15) is 0 Å². The van der Waals surface area contributed by atoms with E-state index in [2.05, 4.69) is 19.2 Å². The second-order valence-corrected chi connectivity index (χ2v) is 3.41. The lowest BCUT2D eigenvalue weighted by Crippen LogP contribution is -2.28. The van der Waals surface area contributed by atoms with E-state index < -0.39 is 0 Å². The maximum atomic E-state index is 11.0.